The molecule has 0 nitrogen and oxygen atoms in total. The van der Waals surface area contributed by atoms with Crippen molar-refractivity contribution in [2.24, 2.45) is 17.8 Å². The molecule has 0 aromatic carbocycles. The van der Waals surface area contributed by atoms with E-state index in [0.717, 1.165) is 17.8 Å². The van der Waals surface area contributed by atoms with Crippen molar-refractivity contribution in [2.75, 3.05) is 0 Å². The standard InChI is InChI=1S/C13H18/c1-9-12-7-10-5-3-2-4-6-11(10)8-13(9)12/h7-9,12-13H,2-6H2,1H3. The highest BCUT2D eigenvalue weighted by Gasteiger charge is 2.45. The largest absolute Gasteiger partial charge is 0.0770 e. The third-order valence-corrected chi connectivity index (χ3v) is 4.11. The summed E-state index contributed by atoms with van der Waals surface area (Å²) in [6, 6.07) is 0. The fourth-order valence-corrected chi connectivity index (χ4v) is 3.03. The molecule has 0 amide bonds. The second-order valence-corrected chi connectivity index (χ2v) is 4.96. The van der Waals surface area contributed by atoms with E-state index in [9.17, 15) is 0 Å². The van der Waals surface area contributed by atoms with Crippen LogP contribution in [0.1, 0.15) is 39.0 Å². The third-order valence-electron chi connectivity index (χ3n) is 4.11. The topological polar surface area (TPSA) is 0 Å². The zero-order valence-corrected chi connectivity index (χ0v) is 8.42. The molecule has 3 rings (SSSR count). The summed E-state index contributed by atoms with van der Waals surface area (Å²) in [5.41, 5.74) is 3.42. The molecular weight excluding hydrogens is 156 g/mol. The van der Waals surface area contributed by atoms with Crippen LogP contribution in [0.3, 0.4) is 0 Å². The summed E-state index contributed by atoms with van der Waals surface area (Å²) >= 11 is 0. The lowest BCUT2D eigenvalue weighted by Gasteiger charge is -2.11. The van der Waals surface area contributed by atoms with E-state index in [1.165, 1.54) is 32.1 Å². The van der Waals surface area contributed by atoms with Gasteiger partial charge >= 0.3 is 0 Å². The van der Waals surface area contributed by atoms with E-state index in [1.54, 1.807) is 11.1 Å². The molecule has 2 unspecified atom stereocenters. The minimum Gasteiger partial charge on any atom is -0.0770 e. The van der Waals surface area contributed by atoms with Gasteiger partial charge in [-0.2, -0.15) is 0 Å². The minimum absolute atomic E-state index is 0.928. The van der Waals surface area contributed by atoms with E-state index in [-0.39, 0.29) is 0 Å². The number of hydrogen-bond acceptors (Lipinski definition) is 0. The van der Waals surface area contributed by atoms with Gasteiger partial charge in [-0.25, -0.2) is 0 Å². The highest BCUT2D eigenvalue weighted by atomic mass is 14.5. The van der Waals surface area contributed by atoms with Crippen LogP contribution in [-0.2, 0) is 0 Å². The molecule has 2 fully saturated rings. The van der Waals surface area contributed by atoms with Gasteiger partial charge < -0.3 is 0 Å². The Bertz CT molecular complexity index is 254. The highest BCUT2D eigenvalue weighted by Crippen LogP contribution is 2.53. The first kappa shape index (κ1) is 7.84. The van der Waals surface area contributed by atoms with E-state index in [4.69, 9.17) is 0 Å². The molecule has 13 heavy (non-hydrogen) atoms. The molecule has 0 aromatic rings. The van der Waals surface area contributed by atoms with E-state index < -0.39 is 0 Å². The Balaban J connectivity index is 1.90. The van der Waals surface area contributed by atoms with Crippen LogP contribution in [0.25, 0.3) is 0 Å². The number of rotatable bonds is 0. The average molecular weight is 174 g/mol. The highest BCUT2D eigenvalue weighted by molar-refractivity contribution is 5.40. The molecular formula is C13H18. The van der Waals surface area contributed by atoms with Crippen LogP contribution in [0.5, 0.6) is 0 Å². The van der Waals surface area contributed by atoms with Gasteiger partial charge in [0.1, 0.15) is 0 Å². The molecule has 3 aliphatic carbocycles. The number of fused-ring (bicyclic) bond motifs is 2. The van der Waals surface area contributed by atoms with Crippen LogP contribution < -0.4 is 0 Å². The van der Waals surface area contributed by atoms with Crippen molar-refractivity contribution in [1.29, 1.82) is 0 Å². The molecule has 70 valence electrons. The average Bonchev–Trinajstić information content (AvgIpc) is 2.82. The lowest BCUT2D eigenvalue weighted by atomic mass is 9.94. The monoisotopic (exact) mass is 174 g/mol. The molecule has 0 saturated heterocycles. The maximum atomic E-state index is 2.59. The summed E-state index contributed by atoms with van der Waals surface area (Å²) < 4.78 is 0. The quantitative estimate of drug-likeness (QED) is 0.525. The second kappa shape index (κ2) is 2.73. The van der Waals surface area contributed by atoms with Gasteiger partial charge in [-0.05, 0) is 54.6 Å². The molecule has 0 spiro atoms. The van der Waals surface area contributed by atoms with Crippen molar-refractivity contribution in [3.63, 3.8) is 0 Å². The van der Waals surface area contributed by atoms with Crippen LogP contribution in [-0.4, -0.2) is 0 Å². The van der Waals surface area contributed by atoms with Gasteiger partial charge in [-0.15, -0.1) is 0 Å². The maximum absolute atomic E-state index is 2.59. The second-order valence-electron chi connectivity index (χ2n) is 4.96. The SMILES string of the molecule is CC1C2C=C3CCCCCC3=CC12. The molecule has 0 N–H and O–H groups in total. The fourth-order valence-electron chi connectivity index (χ4n) is 3.03. The van der Waals surface area contributed by atoms with Gasteiger partial charge in [0.05, 0.1) is 0 Å². The summed E-state index contributed by atoms with van der Waals surface area (Å²) in [4.78, 5) is 0. The predicted molar refractivity (Wildman–Crippen MR) is 55.4 cm³/mol. The first-order valence-electron chi connectivity index (χ1n) is 5.78. The van der Waals surface area contributed by atoms with Crippen LogP contribution in [0.2, 0.25) is 0 Å². The van der Waals surface area contributed by atoms with Gasteiger partial charge in [-0.1, -0.05) is 25.5 Å². The van der Waals surface area contributed by atoms with Gasteiger partial charge in [0, 0.05) is 0 Å². The first-order chi connectivity index (χ1) is 6.36. The van der Waals surface area contributed by atoms with Crippen LogP contribution >= 0.6 is 0 Å². The molecule has 0 aromatic heterocycles. The molecule has 3 aliphatic rings. The van der Waals surface area contributed by atoms with E-state index in [1.807, 2.05) is 0 Å². The summed E-state index contributed by atoms with van der Waals surface area (Å²) in [6.45, 7) is 2.40. The van der Waals surface area contributed by atoms with Crippen molar-refractivity contribution in [3.05, 3.63) is 23.3 Å². The van der Waals surface area contributed by atoms with E-state index >= 15 is 0 Å². The minimum atomic E-state index is 0.928. The number of allylic oxidation sites excluding steroid dienone is 4. The van der Waals surface area contributed by atoms with Gasteiger partial charge in [0.2, 0.25) is 0 Å². The van der Waals surface area contributed by atoms with Gasteiger partial charge in [0.15, 0.2) is 0 Å². The van der Waals surface area contributed by atoms with Crippen LogP contribution in [0, 0.1) is 17.8 Å². The molecule has 0 heteroatoms. The van der Waals surface area contributed by atoms with Crippen molar-refractivity contribution in [1.82, 2.24) is 0 Å². The lowest BCUT2D eigenvalue weighted by Crippen LogP contribution is -1.94. The fraction of sp³-hybridized carbons (Fsp3) is 0.692. The Morgan fingerprint density at radius 3 is 2.00 bits per heavy atom. The Kier molecular flexibility index (Phi) is 1.65. The van der Waals surface area contributed by atoms with E-state index in [0.29, 0.717) is 0 Å². The van der Waals surface area contributed by atoms with Gasteiger partial charge in [0.25, 0.3) is 0 Å². The summed E-state index contributed by atoms with van der Waals surface area (Å²) in [6.07, 6.45) is 12.2. The zero-order valence-electron chi connectivity index (χ0n) is 8.42. The maximum Gasteiger partial charge on any atom is -0.0130 e. The molecule has 0 bridgehead atoms. The predicted octanol–water partition coefficient (Wildman–Crippen LogP) is 3.70. The summed E-state index contributed by atoms with van der Waals surface area (Å²) in [5, 5.41) is 0. The smallest absolute Gasteiger partial charge is 0.0130 e. The Morgan fingerprint density at radius 1 is 0.923 bits per heavy atom. The number of hydrogen-bond donors (Lipinski definition) is 0. The van der Waals surface area contributed by atoms with E-state index in [2.05, 4.69) is 19.1 Å². The Labute approximate surface area is 80.7 Å². The Hall–Kier alpha value is -0.520. The normalized spacial score (nSPS) is 42.4. The van der Waals surface area contributed by atoms with Crippen molar-refractivity contribution < 1.29 is 0 Å². The lowest BCUT2D eigenvalue weighted by molar-refractivity contribution is 0.718. The molecule has 0 aliphatic heterocycles. The third kappa shape index (κ3) is 1.19. The van der Waals surface area contributed by atoms with Gasteiger partial charge in [-0.3, -0.25) is 0 Å². The first-order valence-corrected chi connectivity index (χ1v) is 5.78. The van der Waals surface area contributed by atoms with Crippen LogP contribution in [0.15, 0.2) is 23.3 Å². The van der Waals surface area contributed by atoms with Crippen molar-refractivity contribution in [2.45, 2.75) is 39.0 Å². The van der Waals surface area contributed by atoms with Crippen molar-refractivity contribution >= 4 is 0 Å². The summed E-state index contributed by atoms with van der Waals surface area (Å²) in [7, 11) is 0. The molecule has 0 heterocycles. The molecule has 2 atom stereocenters. The molecule has 2 saturated carbocycles. The molecule has 0 radical (unpaired) electrons. The summed E-state index contributed by atoms with van der Waals surface area (Å²) in [5.74, 6) is 2.81. The van der Waals surface area contributed by atoms with Crippen LogP contribution in [0.4, 0.5) is 0 Å². The zero-order chi connectivity index (χ0) is 8.84. The Morgan fingerprint density at radius 2 is 1.46 bits per heavy atom. The van der Waals surface area contributed by atoms with Crippen molar-refractivity contribution in [3.8, 4) is 0 Å².